The third-order valence-corrected chi connectivity index (χ3v) is 2.30. The molecule has 0 aliphatic carbocycles. The Bertz CT molecular complexity index is 370. The van der Waals surface area contributed by atoms with E-state index >= 15 is 0 Å². The maximum atomic E-state index is 11.7. The molecule has 0 fully saturated rings. The molecule has 0 spiro atoms. The smallest absolute Gasteiger partial charge is 0.201 e. The van der Waals surface area contributed by atoms with E-state index in [2.05, 4.69) is 4.98 Å². The van der Waals surface area contributed by atoms with Crippen LogP contribution >= 0.6 is 0 Å². The van der Waals surface area contributed by atoms with Crippen molar-refractivity contribution >= 4 is 5.78 Å². The van der Waals surface area contributed by atoms with Crippen molar-refractivity contribution in [1.82, 2.24) is 4.98 Å². The first kappa shape index (κ1) is 9.90. The minimum absolute atomic E-state index is 0.0442. The predicted molar refractivity (Wildman–Crippen MR) is 56.2 cm³/mol. The molecule has 0 bridgehead atoms. The zero-order valence-corrected chi connectivity index (χ0v) is 8.48. The molecular formula is C12H13NO2. The summed E-state index contributed by atoms with van der Waals surface area (Å²) in [7, 11) is 0. The van der Waals surface area contributed by atoms with Crippen LogP contribution in [0.1, 0.15) is 18.4 Å². The lowest BCUT2D eigenvalue weighted by Crippen LogP contribution is -2.13. The van der Waals surface area contributed by atoms with Crippen LogP contribution < -0.4 is 0 Å². The molecule has 0 radical (unpaired) electrons. The number of allylic oxidation sites excluding steroid dienone is 2. The SMILES string of the molecule is O=C(Cc1cccnc1)C1=CCCCO1. The summed E-state index contributed by atoms with van der Waals surface area (Å²) in [5, 5.41) is 0. The Balaban J connectivity index is 2.00. The minimum Gasteiger partial charge on any atom is -0.490 e. The van der Waals surface area contributed by atoms with Gasteiger partial charge in [0.25, 0.3) is 0 Å². The Hall–Kier alpha value is -1.64. The molecular weight excluding hydrogens is 190 g/mol. The van der Waals surface area contributed by atoms with E-state index in [1.165, 1.54) is 0 Å². The van der Waals surface area contributed by atoms with Crippen LogP contribution in [0.2, 0.25) is 0 Å². The Morgan fingerprint density at radius 3 is 3.13 bits per heavy atom. The summed E-state index contributed by atoms with van der Waals surface area (Å²) >= 11 is 0. The fourth-order valence-electron chi connectivity index (χ4n) is 1.53. The first-order chi connectivity index (χ1) is 7.36. The predicted octanol–water partition coefficient (Wildman–Crippen LogP) is 1.89. The molecule has 1 aromatic heterocycles. The van der Waals surface area contributed by atoms with E-state index in [9.17, 15) is 4.79 Å². The number of Topliss-reactive ketones (excluding diaryl/α,β-unsaturated/α-hetero) is 1. The Morgan fingerprint density at radius 1 is 1.53 bits per heavy atom. The number of carbonyl (C=O) groups is 1. The molecule has 0 N–H and O–H groups in total. The van der Waals surface area contributed by atoms with Gasteiger partial charge in [-0.2, -0.15) is 0 Å². The lowest BCUT2D eigenvalue weighted by Gasteiger charge is -2.13. The molecule has 0 amide bonds. The van der Waals surface area contributed by atoms with Crippen molar-refractivity contribution < 1.29 is 9.53 Å². The van der Waals surface area contributed by atoms with Gasteiger partial charge in [0, 0.05) is 18.8 Å². The van der Waals surface area contributed by atoms with E-state index < -0.39 is 0 Å². The first-order valence-electron chi connectivity index (χ1n) is 5.11. The number of hydrogen-bond acceptors (Lipinski definition) is 3. The molecule has 0 unspecified atom stereocenters. The van der Waals surface area contributed by atoms with Gasteiger partial charge in [-0.05, 0) is 30.5 Å². The van der Waals surface area contributed by atoms with Gasteiger partial charge < -0.3 is 4.74 Å². The highest BCUT2D eigenvalue weighted by molar-refractivity contribution is 5.95. The molecule has 78 valence electrons. The van der Waals surface area contributed by atoms with Crippen molar-refractivity contribution in [1.29, 1.82) is 0 Å². The van der Waals surface area contributed by atoms with Crippen molar-refractivity contribution in [2.45, 2.75) is 19.3 Å². The van der Waals surface area contributed by atoms with E-state index in [1.54, 1.807) is 12.4 Å². The summed E-state index contributed by atoms with van der Waals surface area (Å²) in [6.45, 7) is 0.657. The van der Waals surface area contributed by atoms with Crippen LogP contribution in [0.15, 0.2) is 36.4 Å². The molecule has 3 nitrogen and oxygen atoms in total. The molecule has 3 heteroatoms. The van der Waals surface area contributed by atoms with Gasteiger partial charge in [-0.15, -0.1) is 0 Å². The van der Waals surface area contributed by atoms with Gasteiger partial charge in [-0.3, -0.25) is 9.78 Å². The average molecular weight is 203 g/mol. The summed E-state index contributed by atoms with van der Waals surface area (Å²) in [5.74, 6) is 0.563. The van der Waals surface area contributed by atoms with Gasteiger partial charge in [0.05, 0.1) is 6.61 Å². The van der Waals surface area contributed by atoms with Crippen LogP contribution in [-0.4, -0.2) is 17.4 Å². The standard InChI is InChI=1S/C12H13NO2/c14-11(12-5-1-2-7-15-12)8-10-4-3-6-13-9-10/h3-6,9H,1-2,7-8H2. The van der Waals surface area contributed by atoms with Crippen LogP contribution in [0.5, 0.6) is 0 Å². The molecule has 1 aromatic rings. The van der Waals surface area contributed by atoms with Gasteiger partial charge in [0.15, 0.2) is 5.76 Å². The monoisotopic (exact) mass is 203 g/mol. The molecule has 0 aromatic carbocycles. The summed E-state index contributed by atoms with van der Waals surface area (Å²) in [5.41, 5.74) is 0.928. The quantitative estimate of drug-likeness (QED) is 0.753. The van der Waals surface area contributed by atoms with Crippen molar-refractivity contribution in [2.75, 3.05) is 6.61 Å². The maximum absolute atomic E-state index is 11.7. The molecule has 2 heterocycles. The first-order valence-corrected chi connectivity index (χ1v) is 5.11. The van der Waals surface area contributed by atoms with E-state index in [0.717, 1.165) is 18.4 Å². The fraction of sp³-hybridized carbons (Fsp3) is 0.333. The zero-order valence-electron chi connectivity index (χ0n) is 8.48. The van der Waals surface area contributed by atoms with Crippen LogP contribution in [0, 0.1) is 0 Å². The number of nitrogens with zero attached hydrogens (tertiary/aromatic N) is 1. The minimum atomic E-state index is 0.0442. The molecule has 1 aliphatic rings. The van der Waals surface area contributed by atoms with Gasteiger partial charge in [0.1, 0.15) is 0 Å². The molecule has 0 saturated carbocycles. The number of hydrogen-bond donors (Lipinski definition) is 0. The van der Waals surface area contributed by atoms with E-state index in [-0.39, 0.29) is 5.78 Å². The second-order valence-corrected chi connectivity index (χ2v) is 3.52. The van der Waals surface area contributed by atoms with Crippen molar-refractivity contribution in [3.8, 4) is 0 Å². The lowest BCUT2D eigenvalue weighted by molar-refractivity contribution is -0.118. The topological polar surface area (TPSA) is 39.2 Å². The molecule has 0 atom stereocenters. The number of rotatable bonds is 3. The second kappa shape index (κ2) is 4.73. The van der Waals surface area contributed by atoms with Crippen molar-refractivity contribution in [2.24, 2.45) is 0 Å². The molecule has 1 aliphatic heterocycles. The van der Waals surface area contributed by atoms with Gasteiger partial charge in [-0.1, -0.05) is 6.07 Å². The zero-order chi connectivity index (χ0) is 10.5. The number of ether oxygens (including phenoxy) is 1. The average Bonchev–Trinajstić information content (AvgIpc) is 2.31. The second-order valence-electron chi connectivity index (χ2n) is 3.52. The van der Waals surface area contributed by atoms with Gasteiger partial charge in [-0.25, -0.2) is 0 Å². The van der Waals surface area contributed by atoms with Gasteiger partial charge in [0.2, 0.25) is 5.78 Å². The Kier molecular flexibility index (Phi) is 3.12. The largest absolute Gasteiger partial charge is 0.490 e. The third-order valence-electron chi connectivity index (χ3n) is 2.30. The summed E-state index contributed by atoms with van der Waals surface area (Å²) in [6, 6.07) is 3.73. The van der Waals surface area contributed by atoms with E-state index in [4.69, 9.17) is 4.74 Å². The number of aromatic nitrogens is 1. The third kappa shape index (κ3) is 2.65. The van der Waals surface area contributed by atoms with E-state index in [1.807, 2.05) is 18.2 Å². The van der Waals surface area contributed by atoms with Crippen LogP contribution in [-0.2, 0) is 16.0 Å². The van der Waals surface area contributed by atoms with Gasteiger partial charge >= 0.3 is 0 Å². The number of ketones is 1. The molecule has 2 rings (SSSR count). The van der Waals surface area contributed by atoms with Crippen molar-refractivity contribution in [3.63, 3.8) is 0 Å². The Labute approximate surface area is 88.8 Å². The lowest BCUT2D eigenvalue weighted by atomic mass is 10.1. The molecule has 0 saturated heterocycles. The fourth-order valence-corrected chi connectivity index (χ4v) is 1.53. The van der Waals surface area contributed by atoms with Crippen LogP contribution in [0.4, 0.5) is 0 Å². The molecule has 15 heavy (non-hydrogen) atoms. The van der Waals surface area contributed by atoms with E-state index in [0.29, 0.717) is 18.8 Å². The highest BCUT2D eigenvalue weighted by atomic mass is 16.5. The summed E-state index contributed by atoms with van der Waals surface area (Å²) in [6.07, 6.45) is 7.60. The number of carbonyl (C=O) groups excluding carboxylic acids is 1. The summed E-state index contributed by atoms with van der Waals surface area (Å²) in [4.78, 5) is 15.7. The van der Waals surface area contributed by atoms with Crippen LogP contribution in [0.3, 0.4) is 0 Å². The summed E-state index contributed by atoms with van der Waals surface area (Å²) < 4.78 is 5.30. The Morgan fingerprint density at radius 2 is 2.47 bits per heavy atom. The highest BCUT2D eigenvalue weighted by Crippen LogP contribution is 2.13. The normalized spacial score (nSPS) is 15.3. The van der Waals surface area contributed by atoms with Crippen LogP contribution in [0.25, 0.3) is 0 Å². The highest BCUT2D eigenvalue weighted by Gasteiger charge is 2.13. The number of pyridine rings is 1. The van der Waals surface area contributed by atoms with Crippen molar-refractivity contribution in [3.05, 3.63) is 41.9 Å². The maximum Gasteiger partial charge on any atom is 0.201 e.